The fraction of sp³-hybridized carbons (Fsp3) is 0.167. The molecule has 2 aromatic rings. The smallest absolute Gasteiger partial charge is 0.266 e. The standard InChI is InChI=1S/C18H20N4O5S/c1-3-17(24)20-15-6-4-13(5-7-15)18(25)21-22-28(26,27)16-10-8-14(9-11-16)19-12(2)23/h4-11,22H,3H2,1-2H3,(H,19,23)(H,20,24)(H,21,25). The summed E-state index contributed by atoms with van der Waals surface area (Å²) in [5, 5.41) is 5.17. The van der Waals surface area contributed by atoms with Crippen LogP contribution in [0.2, 0.25) is 0 Å². The molecule has 2 aromatic carbocycles. The molecule has 0 aromatic heterocycles. The van der Waals surface area contributed by atoms with Crippen LogP contribution in [-0.4, -0.2) is 26.1 Å². The maximum Gasteiger partial charge on any atom is 0.266 e. The van der Waals surface area contributed by atoms with Gasteiger partial charge in [0.25, 0.3) is 15.9 Å². The van der Waals surface area contributed by atoms with E-state index in [0.717, 1.165) is 0 Å². The summed E-state index contributed by atoms with van der Waals surface area (Å²) in [6.45, 7) is 3.06. The fourth-order valence-corrected chi connectivity index (χ4v) is 2.96. The zero-order valence-corrected chi connectivity index (χ0v) is 16.1. The highest BCUT2D eigenvalue weighted by Crippen LogP contribution is 2.14. The molecule has 148 valence electrons. The lowest BCUT2D eigenvalue weighted by molar-refractivity contribution is -0.116. The van der Waals surface area contributed by atoms with Crippen LogP contribution < -0.4 is 20.9 Å². The Morgan fingerprint density at radius 1 is 0.857 bits per heavy atom. The molecule has 3 amide bonds. The van der Waals surface area contributed by atoms with E-state index in [1.807, 2.05) is 4.83 Å². The number of rotatable bonds is 7. The lowest BCUT2D eigenvalue weighted by Crippen LogP contribution is -2.41. The summed E-state index contributed by atoms with van der Waals surface area (Å²) in [5.41, 5.74) is 3.31. The van der Waals surface area contributed by atoms with Crippen LogP contribution >= 0.6 is 0 Å². The number of hydrogen-bond donors (Lipinski definition) is 4. The van der Waals surface area contributed by atoms with Gasteiger partial charge in [-0.25, -0.2) is 8.42 Å². The van der Waals surface area contributed by atoms with E-state index in [0.29, 0.717) is 17.8 Å². The van der Waals surface area contributed by atoms with E-state index in [1.165, 1.54) is 55.5 Å². The van der Waals surface area contributed by atoms with Gasteiger partial charge in [0.05, 0.1) is 4.90 Å². The monoisotopic (exact) mass is 404 g/mol. The van der Waals surface area contributed by atoms with Crippen molar-refractivity contribution >= 4 is 39.1 Å². The van der Waals surface area contributed by atoms with Crippen molar-refractivity contribution in [2.75, 3.05) is 10.6 Å². The zero-order chi connectivity index (χ0) is 20.7. The summed E-state index contributed by atoms with van der Waals surface area (Å²) >= 11 is 0. The molecule has 2 rings (SSSR count). The van der Waals surface area contributed by atoms with Gasteiger partial charge in [-0.1, -0.05) is 6.92 Å². The van der Waals surface area contributed by atoms with Gasteiger partial charge in [0.1, 0.15) is 0 Å². The first-order chi connectivity index (χ1) is 13.2. The second kappa shape index (κ2) is 9.11. The Kier molecular flexibility index (Phi) is 6.85. The van der Waals surface area contributed by atoms with E-state index in [9.17, 15) is 22.8 Å². The first-order valence-electron chi connectivity index (χ1n) is 8.31. The van der Waals surface area contributed by atoms with E-state index in [-0.39, 0.29) is 22.3 Å². The number of hydrazine groups is 1. The number of carbonyl (C=O) groups excluding carboxylic acids is 3. The second-order valence-corrected chi connectivity index (χ2v) is 7.43. The molecule has 0 radical (unpaired) electrons. The molecule has 28 heavy (non-hydrogen) atoms. The number of anilines is 2. The highest BCUT2D eigenvalue weighted by atomic mass is 32.2. The van der Waals surface area contributed by atoms with E-state index in [2.05, 4.69) is 16.1 Å². The highest BCUT2D eigenvalue weighted by molar-refractivity contribution is 7.89. The van der Waals surface area contributed by atoms with Crippen molar-refractivity contribution in [3.63, 3.8) is 0 Å². The van der Waals surface area contributed by atoms with Gasteiger partial charge in [-0.05, 0) is 48.5 Å². The van der Waals surface area contributed by atoms with Gasteiger partial charge in [-0.3, -0.25) is 19.8 Å². The van der Waals surface area contributed by atoms with Gasteiger partial charge in [-0.15, -0.1) is 4.83 Å². The Hall–Kier alpha value is -3.24. The summed E-state index contributed by atoms with van der Waals surface area (Å²) in [6.07, 6.45) is 0.329. The zero-order valence-electron chi connectivity index (χ0n) is 15.3. The van der Waals surface area contributed by atoms with E-state index >= 15 is 0 Å². The Morgan fingerprint density at radius 2 is 1.39 bits per heavy atom. The second-order valence-electron chi connectivity index (χ2n) is 5.74. The number of hydrogen-bond acceptors (Lipinski definition) is 5. The maximum absolute atomic E-state index is 12.2. The molecule has 0 atom stereocenters. The number of carbonyl (C=O) groups is 3. The van der Waals surface area contributed by atoms with Crippen molar-refractivity contribution in [2.45, 2.75) is 25.2 Å². The van der Waals surface area contributed by atoms with Crippen LogP contribution in [0.25, 0.3) is 0 Å². The molecule has 10 heteroatoms. The molecular weight excluding hydrogens is 384 g/mol. The molecule has 0 aliphatic carbocycles. The first-order valence-corrected chi connectivity index (χ1v) is 9.79. The molecule has 4 N–H and O–H groups in total. The molecule has 0 aliphatic heterocycles. The van der Waals surface area contributed by atoms with Crippen molar-refractivity contribution in [2.24, 2.45) is 0 Å². The summed E-state index contributed by atoms with van der Waals surface area (Å²) in [7, 11) is -3.99. The van der Waals surface area contributed by atoms with Crippen LogP contribution in [0.3, 0.4) is 0 Å². The molecule has 0 bridgehead atoms. The predicted octanol–water partition coefficient (Wildman–Crippen LogP) is 1.62. The van der Waals surface area contributed by atoms with Crippen molar-refractivity contribution < 1.29 is 22.8 Å². The topological polar surface area (TPSA) is 133 Å². The number of sulfonamides is 1. The van der Waals surface area contributed by atoms with Crippen LogP contribution in [0, 0.1) is 0 Å². The van der Waals surface area contributed by atoms with Gasteiger partial charge in [0.2, 0.25) is 11.8 Å². The molecule has 0 spiro atoms. The van der Waals surface area contributed by atoms with Gasteiger partial charge in [-0.2, -0.15) is 0 Å². The van der Waals surface area contributed by atoms with E-state index < -0.39 is 15.9 Å². The summed E-state index contributed by atoms with van der Waals surface area (Å²) in [4.78, 5) is 36.4. The molecule has 0 saturated carbocycles. The minimum absolute atomic E-state index is 0.0838. The number of benzene rings is 2. The van der Waals surface area contributed by atoms with Crippen LogP contribution in [0.1, 0.15) is 30.6 Å². The Bertz CT molecular complexity index is 970. The largest absolute Gasteiger partial charge is 0.326 e. The molecule has 0 saturated heterocycles. The quantitative estimate of drug-likeness (QED) is 0.520. The lowest BCUT2D eigenvalue weighted by Gasteiger charge is -2.10. The number of nitrogens with one attached hydrogen (secondary N) is 4. The third-order valence-corrected chi connectivity index (χ3v) is 4.80. The van der Waals surface area contributed by atoms with Gasteiger partial charge >= 0.3 is 0 Å². The third kappa shape index (κ3) is 5.89. The van der Waals surface area contributed by atoms with Gasteiger partial charge in [0, 0.05) is 30.3 Å². The van der Waals surface area contributed by atoms with Crippen LogP contribution in [0.4, 0.5) is 11.4 Å². The van der Waals surface area contributed by atoms with Crippen molar-refractivity contribution in [3.05, 3.63) is 54.1 Å². The van der Waals surface area contributed by atoms with E-state index in [1.54, 1.807) is 6.92 Å². The minimum atomic E-state index is -3.99. The van der Waals surface area contributed by atoms with Gasteiger partial charge in [0.15, 0.2) is 0 Å². The van der Waals surface area contributed by atoms with Crippen LogP contribution in [-0.2, 0) is 19.6 Å². The summed E-state index contributed by atoms with van der Waals surface area (Å²) < 4.78 is 24.5. The molecule has 0 aliphatic rings. The molecule has 9 nitrogen and oxygen atoms in total. The number of amides is 3. The third-order valence-electron chi connectivity index (χ3n) is 3.54. The van der Waals surface area contributed by atoms with Crippen LogP contribution in [0.15, 0.2) is 53.4 Å². The average Bonchev–Trinajstić information content (AvgIpc) is 2.66. The summed E-state index contributed by atoms with van der Waals surface area (Å²) in [6, 6.07) is 11.4. The van der Waals surface area contributed by atoms with E-state index in [4.69, 9.17) is 0 Å². The minimum Gasteiger partial charge on any atom is -0.326 e. The van der Waals surface area contributed by atoms with Gasteiger partial charge < -0.3 is 10.6 Å². The summed E-state index contributed by atoms with van der Waals surface area (Å²) in [5.74, 6) is -1.09. The Balaban J connectivity index is 1.98. The molecule has 0 heterocycles. The fourth-order valence-electron chi connectivity index (χ4n) is 2.12. The first kappa shape index (κ1) is 21.1. The SMILES string of the molecule is CCC(=O)Nc1ccc(C(=O)NNS(=O)(=O)c2ccc(NC(C)=O)cc2)cc1. The van der Waals surface area contributed by atoms with Crippen molar-refractivity contribution in [1.82, 2.24) is 10.3 Å². The van der Waals surface area contributed by atoms with Crippen molar-refractivity contribution in [3.8, 4) is 0 Å². The maximum atomic E-state index is 12.2. The molecule has 0 fully saturated rings. The molecular formula is C18H20N4O5S. The average molecular weight is 404 g/mol. The lowest BCUT2D eigenvalue weighted by atomic mass is 10.2. The normalized spacial score (nSPS) is 10.8. The Morgan fingerprint density at radius 3 is 1.93 bits per heavy atom. The Labute approximate surface area is 162 Å². The van der Waals surface area contributed by atoms with Crippen LogP contribution in [0.5, 0.6) is 0 Å². The molecule has 0 unspecified atom stereocenters. The van der Waals surface area contributed by atoms with Crippen molar-refractivity contribution in [1.29, 1.82) is 0 Å². The highest BCUT2D eigenvalue weighted by Gasteiger charge is 2.16. The predicted molar refractivity (Wildman–Crippen MR) is 104 cm³/mol.